The Morgan fingerprint density at radius 2 is 2.04 bits per heavy atom. The smallest absolute Gasteiger partial charge is 0.254 e. The summed E-state index contributed by atoms with van der Waals surface area (Å²) < 4.78 is 7.73. The molecule has 7 nitrogen and oxygen atoms in total. The van der Waals surface area contributed by atoms with E-state index in [9.17, 15) is 4.79 Å². The highest BCUT2D eigenvalue weighted by molar-refractivity contribution is 5.94. The zero-order chi connectivity index (χ0) is 18.8. The van der Waals surface area contributed by atoms with Gasteiger partial charge in [-0.25, -0.2) is 4.98 Å². The summed E-state index contributed by atoms with van der Waals surface area (Å²) in [6.45, 7) is 3.46. The number of nitrogens with zero attached hydrogens (tertiary/aromatic N) is 5. The van der Waals surface area contributed by atoms with E-state index in [4.69, 9.17) is 4.74 Å². The maximum Gasteiger partial charge on any atom is 0.254 e. The molecule has 7 heteroatoms. The highest BCUT2D eigenvalue weighted by atomic mass is 16.5. The van der Waals surface area contributed by atoms with Crippen molar-refractivity contribution in [3.8, 4) is 5.88 Å². The first-order valence-electron chi connectivity index (χ1n) is 8.91. The van der Waals surface area contributed by atoms with Gasteiger partial charge in [-0.15, -0.1) is 0 Å². The third-order valence-electron chi connectivity index (χ3n) is 4.76. The molecule has 27 heavy (non-hydrogen) atoms. The minimum Gasteiger partial charge on any atom is -0.471 e. The molecule has 4 rings (SSSR count). The second-order valence-corrected chi connectivity index (χ2v) is 6.61. The topological polar surface area (TPSA) is 73.1 Å². The highest BCUT2D eigenvalue weighted by Crippen LogP contribution is 2.24. The van der Waals surface area contributed by atoms with E-state index < -0.39 is 0 Å². The number of carbonyl (C=O) groups is 1. The Morgan fingerprint density at radius 1 is 1.22 bits per heavy atom. The van der Waals surface area contributed by atoms with Gasteiger partial charge in [0.2, 0.25) is 5.88 Å². The SMILES string of the molecule is Cc1cccc(OCc2nn(C)c3c2CN(C(=O)c2ccncc2)CC3)n1. The van der Waals surface area contributed by atoms with E-state index in [1.54, 1.807) is 24.5 Å². The van der Waals surface area contributed by atoms with Crippen LogP contribution in [-0.2, 0) is 26.6 Å². The van der Waals surface area contributed by atoms with Crippen molar-refractivity contribution < 1.29 is 9.53 Å². The van der Waals surface area contributed by atoms with Crippen molar-refractivity contribution in [1.82, 2.24) is 24.6 Å². The maximum absolute atomic E-state index is 12.8. The van der Waals surface area contributed by atoms with Crippen molar-refractivity contribution in [3.05, 3.63) is 70.9 Å². The van der Waals surface area contributed by atoms with Gasteiger partial charge in [0.05, 0.1) is 0 Å². The standard InChI is InChI=1S/C20H21N5O2/c1-14-4-3-5-19(22-14)27-13-17-16-12-25(11-8-18(16)24(2)23-17)20(26)15-6-9-21-10-7-15/h3-7,9-10H,8,11-13H2,1-2H3. The molecule has 1 aliphatic heterocycles. The summed E-state index contributed by atoms with van der Waals surface area (Å²) in [5.41, 5.74) is 4.63. The molecule has 3 aromatic rings. The van der Waals surface area contributed by atoms with E-state index in [1.165, 1.54) is 0 Å². The molecule has 0 bridgehead atoms. The average molecular weight is 363 g/mol. The van der Waals surface area contributed by atoms with E-state index in [1.807, 2.05) is 41.8 Å². The van der Waals surface area contributed by atoms with Gasteiger partial charge in [0, 0.05) is 67.5 Å². The quantitative estimate of drug-likeness (QED) is 0.711. The van der Waals surface area contributed by atoms with Crippen molar-refractivity contribution in [2.45, 2.75) is 26.5 Å². The fourth-order valence-electron chi connectivity index (χ4n) is 3.38. The molecule has 0 saturated carbocycles. The lowest BCUT2D eigenvalue weighted by Gasteiger charge is -2.27. The van der Waals surface area contributed by atoms with Gasteiger partial charge < -0.3 is 9.64 Å². The lowest BCUT2D eigenvalue weighted by Crippen LogP contribution is -2.36. The molecule has 1 aliphatic rings. The van der Waals surface area contributed by atoms with Crippen molar-refractivity contribution in [3.63, 3.8) is 0 Å². The summed E-state index contributed by atoms with van der Waals surface area (Å²) in [5.74, 6) is 0.592. The van der Waals surface area contributed by atoms with E-state index >= 15 is 0 Å². The second-order valence-electron chi connectivity index (χ2n) is 6.61. The normalized spacial score (nSPS) is 13.3. The number of hydrogen-bond acceptors (Lipinski definition) is 5. The molecule has 0 unspecified atom stereocenters. The predicted octanol–water partition coefficient (Wildman–Crippen LogP) is 2.30. The molecule has 0 radical (unpaired) electrons. The summed E-state index contributed by atoms with van der Waals surface area (Å²) in [7, 11) is 1.94. The summed E-state index contributed by atoms with van der Waals surface area (Å²) in [5, 5.41) is 4.61. The Labute approximate surface area is 157 Å². The zero-order valence-corrected chi connectivity index (χ0v) is 15.4. The van der Waals surface area contributed by atoms with Crippen LogP contribution < -0.4 is 4.74 Å². The molecule has 0 N–H and O–H groups in total. The molecule has 0 saturated heterocycles. The van der Waals surface area contributed by atoms with Crippen LogP contribution >= 0.6 is 0 Å². The molecule has 0 atom stereocenters. The van der Waals surface area contributed by atoms with Crippen LogP contribution in [0.15, 0.2) is 42.7 Å². The van der Waals surface area contributed by atoms with Crippen LogP contribution in [-0.4, -0.2) is 37.1 Å². The van der Waals surface area contributed by atoms with E-state index in [0.29, 0.717) is 31.1 Å². The van der Waals surface area contributed by atoms with Gasteiger partial charge in [-0.05, 0) is 25.1 Å². The number of hydrogen-bond donors (Lipinski definition) is 0. The number of aryl methyl sites for hydroxylation is 2. The van der Waals surface area contributed by atoms with Crippen molar-refractivity contribution in [1.29, 1.82) is 0 Å². The van der Waals surface area contributed by atoms with Crippen LogP contribution in [0.25, 0.3) is 0 Å². The van der Waals surface area contributed by atoms with Gasteiger partial charge >= 0.3 is 0 Å². The van der Waals surface area contributed by atoms with Crippen LogP contribution in [0.2, 0.25) is 0 Å². The molecule has 3 aromatic heterocycles. The van der Waals surface area contributed by atoms with Crippen molar-refractivity contribution >= 4 is 5.91 Å². The van der Waals surface area contributed by atoms with Gasteiger partial charge in [0.15, 0.2) is 0 Å². The number of pyridine rings is 2. The number of aromatic nitrogens is 4. The lowest BCUT2D eigenvalue weighted by molar-refractivity contribution is 0.0732. The highest BCUT2D eigenvalue weighted by Gasteiger charge is 2.27. The van der Waals surface area contributed by atoms with E-state index in [0.717, 1.165) is 29.1 Å². The third kappa shape index (κ3) is 3.53. The third-order valence-corrected chi connectivity index (χ3v) is 4.76. The van der Waals surface area contributed by atoms with Gasteiger partial charge in [-0.2, -0.15) is 5.10 Å². The Balaban J connectivity index is 1.53. The first-order chi connectivity index (χ1) is 13.1. The average Bonchev–Trinajstić information content (AvgIpc) is 3.02. The Hall–Kier alpha value is -3.22. The van der Waals surface area contributed by atoms with Gasteiger partial charge in [0.25, 0.3) is 5.91 Å². The lowest BCUT2D eigenvalue weighted by atomic mass is 10.0. The summed E-state index contributed by atoms with van der Waals surface area (Å²) >= 11 is 0. The Morgan fingerprint density at radius 3 is 2.81 bits per heavy atom. The van der Waals surface area contributed by atoms with Crippen LogP contribution in [0.5, 0.6) is 5.88 Å². The number of carbonyl (C=O) groups excluding carboxylic acids is 1. The van der Waals surface area contributed by atoms with E-state index in [2.05, 4.69) is 15.1 Å². The number of amides is 1. The minimum absolute atomic E-state index is 0.0131. The fourth-order valence-corrected chi connectivity index (χ4v) is 3.38. The van der Waals surface area contributed by atoms with Crippen molar-refractivity contribution in [2.24, 2.45) is 7.05 Å². The Kier molecular flexibility index (Phi) is 4.58. The van der Waals surface area contributed by atoms with Crippen LogP contribution in [0.3, 0.4) is 0 Å². The summed E-state index contributed by atoms with van der Waals surface area (Å²) in [4.78, 5) is 23.0. The van der Waals surface area contributed by atoms with Gasteiger partial charge in [-0.1, -0.05) is 6.07 Å². The number of fused-ring (bicyclic) bond motifs is 1. The monoisotopic (exact) mass is 363 g/mol. The molecule has 1 amide bonds. The first kappa shape index (κ1) is 17.2. The summed E-state index contributed by atoms with van der Waals surface area (Å²) in [6.07, 6.45) is 4.06. The largest absolute Gasteiger partial charge is 0.471 e. The van der Waals surface area contributed by atoms with Crippen LogP contribution in [0, 0.1) is 6.92 Å². The second kappa shape index (κ2) is 7.19. The van der Waals surface area contributed by atoms with Gasteiger partial charge in [-0.3, -0.25) is 14.5 Å². The molecular weight excluding hydrogens is 342 g/mol. The van der Waals surface area contributed by atoms with E-state index in [-0.39, 0.29) is 5.91 Å². The molecular formula is C20H21N5O2. The van der Waals surface area contributed by atoms with Crippen LogP contribution in [0.4, 0.5) is 0 Å². The fraction of sp³-hybridized carbons (Fsp3) is 0.300. The first-order valence-corrected chi connectivity index (χ1v) is 8.91. The number of rotatable bonds is 4. The number of ether oxygens (including phenoxy) is 1. The maximum atomic E-state index is 12.8. The molecule has 4 heterocycles. The van der Waals surface area contributed by atoms with Crippen LogP contribution in [0.1, 0.15) is 33.0 Å². The molecule has 138 valence electrons. The zero-order valence-electron chi connectivity index (χ0n) is 15.4. The van der Waals surface area contributed by atoms with Gasteiger partial charge in [0.1, 0.15) is 12.3 Å². The molecule has 0 fully saturated rings. The molecule has 0 spiro atoms. The summed E-state index contributed by atoms with van der Waals surface area (Å²) in [6, 6.07) is 9.17. The molecule has 0 aliphatic carbocycles. The molecule has 0 aromatic carbocycles. The minimum atomic E-state index is 0.0131. The predicted molar refractivity (Wildman–Crippen MR) is 99.2 cm³/mol. The Bertz CT molecular complexity index is 968. The van der Waals surface area contributed by atoms with Crippen molar-refractivity contribution in [2.75, 3.05) is 6.54 Å².